The Morgan fingerprint density at radius 2 is 1.52 bits per heavy atom. The van der Waals surface area contributed by atoms with E-state index in [1.54, 1.807) is 48.8 Å². The number of hydrogen-bond acceptors (Lipinski definition) is 13. The summed E-state index contributed by atoms with van der Waals surface area (Å²) in [7, 11) is 1.58. The molecular formula is C46H40N6O6S3. The van der Waals surface area contributed by atoms with Crippen LogP contribution in [0.25, 0.3) is 0 Å². The van der Waals surface area contributed by atoms with E-state index in [1.165, 1.54) is 16.7 Å². The summed E-state index contributed by atoms with van der Waals surface area (Å²) in [6.07, 6.45) is 4.00. The van der Waals surface area contributed by atoms with Crippen LogP contribution in [0.1, 0.15) is 34.4 Å². The fraction of sp³-hybridized carbons (Fsp3) is 0.174. The lowest BCUT2D eigenvalue weighted by Crippen LogP contribution is -2.71. The molecule has 15 heteroatoms. The van der Waals surface area contributed by atoms with Gasteiger partial charge in [-0.05, 0) is 41.8 Å². The number of esters is 1. The van der Waals surface area contributed by atoms with E-state index in [2.05, 4.69) is 20.4 Å². The van der Waals surface area contributed by atoms with E-state index in [1.807, 2.05) is 115 Å². The second-order valence-electron chi connectivity index (χ2n) is 13.9. The van der Waals surface area contributed by atoms with Gasteiger partial charge in [0.1, 0.15) is 35.2 Å². The van der Waals surface area contributed by atoms with E-state index < -0.39 is 34.8 Å². The summed E-state index contributed by atoms with van der Waals surface area (Å²) in [6, 6.07) is 38.9. The van der Waals surface area contributed by atoms with Gasteiger partial charge in [0.2, 0.25) is 5.60 Å². The van der Waals surface area contributed by atoms with E-state index in [4.69, 9.17) is 20.0 Å². The number of aromatic nitrogens is 2. The van der Waals surface area contributed by atoms with Gasteiger partial charge in [0.05, 0.1) is 7.11 Å². The number of nitrogens with zero attached hydrogens (tertiary/aromatic N) is 4. The van der Waals surface area contributed by atoms with E-state index in [0.29, 0.717) is 23.7 Å². The molecule has 12 nitrogen and oxygen atoms in total. The minimum Gasteiger partial charge on any atom is -0.497 e. The van der Waals surface area contributed by atoms with Gasteiger partial charge in [-0.2, -0.15) is 0 Å². The number of anilines is 1. The lowest BCUT2D eigenvalue weighted by atomic mass is 9.80. The highest BCUT2D eigenvalue weighted by atomic mass is 32.2. The standard InChI is InChI=1S/C46H40N6O6S3/c1-56-35-19-17-30(18-20-35)27-57-44(55)40-31(23-26-59-36-21-24-48-25-22-36)28-60-43-39(42(54)52(40)43)50-41(53)38(37-29-61-45(47)49-37)51-58-46(32-11-5-2-6-12-32,33-13-7-3-8-14-33)34-15-9-4-10-16-34/h2-22,24-25,29,39,43H,23,26-28H2,1H3,(H2,47,49)(H,50,53)/b51-38-/t39-,43-/m1/s1. The topological polar surface area (TPSA) is 158 Å². The van der Waals surface area contributed by atoms with Crippen molar-refractivity contribution < 1.29 is 28.7 Å². The summed E-state index contributed by atoms with van der Waals surface area (Å²) < 4.78 is 11.1. The van der Waals surface area contributed by atoms with Crippen molar-refractivity contribution in [3.05, 3.63) is 184 Å². The number of nitrogens with one attached hydrogen (secondary N) is 1. The average Bonchev–Trinajstić information content (AvgIpc) is 3.75. The van der Waals surface area contributed by atoms with E-state index in [9.17, 15) is 14.4 Å². The smallest absolute Gasteiger partial charge is 0.355 e. The van der Waals surface area contributed by atoms with Gasteiger partial charge < -0.3 is 25.4 Å². The van der Waals surface area contributed by atoms with Crippen LogP contribution in [0.15, 0.2) is 166 Å². The van der Waals surface area contributed by atoms with Gasteiger partial charge >= 0.3 is 5.97 Å². The second kappa shape index (κ2) is 18.9. The number of rotatable bonds is 16. The fourth-order valence-corrected chi connectivity index (χ4v) is 9.96. The average molecular weight is 869 g/mol. The predicted octanol–water partition coefficient (Wildman–Crippen LogP) is 7.42. The monoisotopic (exact) mass is 868 g/mol. The summed E-state index contributed by atoms with van der Waals surface area (Å²) in [6.45, 7) is -0.00158. The number of nitrogens with two attached hydrogens (primary N) is 1. The molecule has 2 aromatic heterocycles. The highest BCUT2D eigenvalue weighted by molar-refractivity contribution is 8.00. The van der Waals surface area contributed by atoms with Gasteiger partial charge in [-0.25, -0.2) is 9.78 Å². The maximum Gasteiger partial charge on any atom is 0.355 e. The molecule has 6 aromatic rings. The molecule has 2 atom stereocenters. The molecule has 0 radical (unpaired) electrons. The third-order valence-electron chi connectivity index (χ3n) is 10.2. The second-order valence-corrected chi connectivity index (χ2v) is 17.1. The molecule has 0 spiro atoms. The number of pyridine rings is 1. The zero-order valence-electron chi connectivity index (χ0n) is 32.9. The molecule has 2 aliphatic heterocycles. The van der Waals surface area contributed by atoms with Gasteiger partial charge in [-0.15, -0.1) is 34.9 Å². The highest BCUT2D eigenvalue weighted by Gasteiger charge is 2.55. The first-order valence-electron chi connectivity index (χ1n) is 19.3. The van der Waals surface area contributed by atoms with Gasteiger partial charge in [0.25, 0.3) is 11.8 Å². The Balaban J connectivity index is 1.08. The minimum absolute atomic E-state index is 0.00158. The largest absolute Gasteiger partial charge is 0.497 e. The van der Waals surface area contributed by atoms with Crippen LogP contribution in [0.2, 0.25) is 0 Å². The van der Waals surface area contributed by atoms with Crippen LogP contribution in [0.3, 0.4) is 0 Å². The molecule has 4 heterocycles. The molecule has 0 bridgehead atoms. The van der Waals surface area contributed by atoms with E-state index in [0.717, 1.165) is 44.1 Å². The number of hydrogen-bond donors (Lipinski definition) is 2. The summed E-state index contributed by atoms with van der Waals surface area (Å²) in [5.74, 6) is 0.0285. The van der Waals surface area contributed by atoms with E-state index in [-0.39, 0.29) is 28.8 Å². The predicted molar refractivity (Wildman–Crippen MR) is 238 cm³/mol. The normalized spacial score (nSPS) is 16.3. The molecule has 1 fully saturated rings. The summed E-state index contributed by atoms with van der Waals surface area (Å²) in [5.41, 5.74) is 8.85. The first kappa shape index (κ1) is 41.3. The number of amides is 2. The Bertz CT molecular complexity index is 2440. The van der Waals surface area contributed by atoms with Crippen molar-refractivity contribution in [2.24, 2.45) is 5.16 Å². The number of fused-ring (bicyclic) bond motifs is 1. The number of benzene rings is 4. The molecule has 4 aromatic carbocycles. The van der Waals surface area contributed by atoms with Crippen molar-refractivity contribution in [1.29, 1.82) is 0 Å². The van der Waals surface area contributed by atoms with Crippen LogP contribution < -0.4 is 15.8 Å². The van der Waals surface area contributed by atoms with Gasteiger partial charge in [0, 0.05) is 50.9 Å². The van der Waals surface area contributed by atoms with Crippen molar-refractivity contribution in [1.82, 2.24) is 20.2 Å². The van der Waals surface area contributed by atoms with Crippen LogP contribution in [-0.2, 0) is 36.2 Å². The Morgan fingerprint density at radius 3 is 2.10 bits per heavy atom. The summed E-state index contributed by atoms with van der Waals surface area (Å²) in [4.78, 5) is 60.3. The molecule has 2 amide bonds. The quantitative estimate of drug-likeness (QED) is 0.0249. The molecule has 308 valence electrons. The number of thioether (sulfide) groups is 2. The third-order valence-corrected chi connectivity index (χ3v) is 13.2. The number of nitrogen functional groups attached to an aromatic ring is 1. The van der Waals surface area contributed by atoms with Gasteiger partial charge in [-0.1, -0.05) is 108 Å². The lowest BCUT2D eigenvalue weighted by molar-refractivity contribution is -0.153. The third kappa shape index (κ3) is 8.90. The zero-order valence-corrected chi connectivity index (χ0v) is 35.3. The maximum absolute atomic E-state index is 14.5. The number of carbonyl (C=O) groups excluding carboxylic acids is 3. The van der Waals surface area contributed by atoms with Crippen LogP contribution in [0, 0.1) is 0 Å². The van der Waals surface area contributed by atoms with Crippen LogP contribution in [0.4, 0.5) is 5.13 Å². The lowest BCUT2D eigenvalue weighted by Gasteiger charge is -2.49. The van der Waals surface area contributed by atoms with Crippen LogP contribution in [0.5, 0.6) is 5.75 Å². The molecule has 2 aliphatic rings. The van der Waals surface area contributed by atoms with Crippen molar-refractivity contribution in [2.75, 3.05) is 24.3 Å². The first-order valence-corrected chi connectivity index (χ1v) is 22.2. The molecule has 3 N–H and O–H groups in total. The Morgan fingerprint density at radius 1 is 0.902 bits per heavy atom. The van der Waals surface area contributed by atoms with Crippen molar-refractivity contribution >= 4 is 63.5 Å². The molecule has 0 aliphatic carbocycles. The highest BCUT2D eigenvalue weighted by Crippen LogP contribution is 2.43. The number of thiazole rings is 1. The maximum atomic E-state index is 14.5. The number of β-lactam (4-membered cyclic amide) rings is 1. The van der Waals surface area contributed by atoms with Crippen molar-refractivity contribution in [3.8, 4) is 5.75 Å². The van der Waals surface area contributed by atoms with Crippen molar-refractivity contribution in [3.63, 3.8) is 0 Å². The molecular weight excluding hydrogens is 829 g/mol. The number of oxime groups is 1. The summed E-state index contributed by atoms with van der Waals surface area (Å²) in [5, 5.41) is 8.75. The molecule has 0 saturated carbocycles. The van der Waals surface area contributed by atoms with Crippen molar-refractivity contribution in [2.45, 2.75) is 34.9 Å². The van der Waals surface area contributed by atoms with Crippen LogP contribution in [-0.4, -0.2) is 68.4 Å². The molecule has 1 saturated heterocycles. The number of ether oxygens (including phenoxy) is 2. The SMILES string of the molecule is COc1ccc(COC(=O)C2=C(CCSc3ccncc3)CS[C@@H]3[C@H](NC(=O)/C(=N\OC(c4ccccc4)(c4ccccc4)c4ccccc4)c4csc(N)n4)C(=O)N23)cc1. The van der Waals surface area contributed by atoms with Gasteiger partial charge in [0.15, 0.2) is 10.8 Å². The number of carbonyl (C=O) groups is 3. The van der Waals surface area contributed by atoms with E-state index >= 15 is 0 Å². The summed E-state index contributed by atoms with van der Waals surface area (Å²) >= 11 is 4.24. The first-order chi connectivity index (χ1) is 29.9. The minimum atomic E-state index is -1.29. The number of methoxy groups -OCH3 is 1. The zero-order chi connectivity index (χ0) is 42.2. The Kier molecular flexibility index (Phi) is 12.8. The Labute approximate surface area is 365 Å². The molecule has 61 heavy (non-hydrogen) atoms. The van der Waals surface area contributed by atoms with Crippen LogP contribution >= 0.6 is 34.9 Å². The Hall–Kier alpha value is -6.42. The fourth-order valence-electron chi connectivity index (χ4n) is 7.13. The molecule has 0 unspecified atom stereocenters. The molecule has 8 rings (SSSR count). The van der Waals surface area contributed by atoms with Gasteiger partial charge in [-0.3, -0.25) is 19.5 Å².